The summed E-state index contributed by atoms with van der Waals surface area (Å²) in [6.07, 6.45) is -1.17. The lowest BCUT2D eigenvalue weighted by molar-refractivity contribution is -0.105. The van der Waals surface area contributed by atoms with Crippen molar-refractivity contribution in [3.63, 3.8) is 0 Å². The van der Waals surface area contributed by atoms with Gasteiger partial charge in [-0.2, -0.15) is 24.9 Å². The predicted molar refractivity (Wildman–Crippen MR) is 55.9 cm³/mol. The van der Waals surface area contributed by atoms with Crippen molar-refractivity contribution in [1.29, 1.82) is 0 Å². The number of thioether (sulfide) groups is 1. The van der Waals surface area contributed by atoms with E-state index >= 15 is 0 Å². The molecule has 0 aromatic heterocycles. The van der Waals surface area contributed by atoms with Crippen molar-refractivity contribution in [1.82, 2.24) is 0 Å². The van der Waals surface area contributed by atoms with Crippen molar-refractivity contribution in [2.45, 2.75) is 31.5 Å². The minimum atomic E-state index is -4.02. The molecule has 0 aromatic carbocycles. The molecular weight excluding hydrogens is 235 g/mol. The van der Waals surface area contributed by atoms with Gasteiger partial charge in [-0.25, -0.2) is 0 Å². The minimum Gasteiger partial charge on any atom is -0.328 e. The molecule has 0 radical (unpaired) electrons. The third-order valence-electron chi connectivity index (χ3n) is 2.20. The van der Waals surface area contributed by atoms with Crippen LogP contribution in [-0.4, -0.2) is 23.7 Å². The van der Waals surface area contributed by atoms with E-state index in [0.29, 0.717) is 11.7 Å². The predicted octanol–water partition coefficient (Wildman–Crippen LogP) is 2.83. The summed E-state index contributed by atoms with van der Waals surface area (Å²) in [7, 11) is 0. The molecule has 1 nitrogen and oxygen atoms in total. The standard InChI is InChI=1S/C8H14F3NS.ClH/c9-8(10,11)5-13-4-6-1-2-7(12)3-6;/h6-7H,1-5,12H2;1H/t6-,7+;/m0./s1. The molecule has 0 aliphatic heterocycles. The highest BCUT2D eigenvalue weighted by molar-refractivity contribution is 7.99. The maximum atomic E-state index is 11.8. The molecule has 0 spiro atoms. The molecule has 0 aromatic rings. The van der Waals surface area contributed by atoms with Crippen LogP contribution in [0.2, 0.25) is 0 Å². The first kappa shape index (κ1) is 14.4. The summed E-state index contributed by atoms with van der Waals surface area (Å²) < 4.78 is 35.3. The SMILES string of the molecule is Cl.N[C@@H]1CC[C@H](CSCC(F)(F)F)C1. The molecule has 2 atom stereocenters. The largest absolute Gasteiger partial charge is 0.397 e. The smallest absolute Gasteiger partial charge is 0.328 e. The fraction of sp³-hybridized carbons (Fsp3) is 1.00. The molecule has 6 heteroatoms. The number of nitrogens with two attached hydrogens (primary N) is 1. The molecule has 2 N–H and O–H groups in total. The third-order valence-corrected chi connectivity index (χ3v) is 3.44. The monoisotopic (exact) mass is 249 g/mol. The Balaban J connectivity index is 0.00000169. The quantitative estimate of drug-likeness (QED) is 0.832. The second kappa shape index (κ2) is 6.08. The molecule has 0 amide bonds. The molecule has 86 valence electrons. The third kappa shape index (κ3) is 5.98. The van der Waals surface area contributed by atoms with E-state index in [1.165, 1.54) is 0 Å². The zero-order valence-electron chi connectivity index (χ0n) is 7.72. The normalized spacial score (nSPS) is 27.4. The first-order valence-corrected chi connectivity index (χ1v) is 5.53. The van der Waals surface area contributed by atoms with Gasteiger partial charge in [0.15, 0.2) is 0 Å². The van der Waals surface area contributed by atoms with Crippen LogP contribution in [0.3, 0.4) is 0 Å². The summed E-state index contributed by atoms with van der Waals surface area (Å²) in [5.41, 5.74) is 5.65. The molecule has 0 heterocycles. The van der Waals surface area contributed by atoms with Crippen LogP contribution < -0.4 is 5.73 Å². The average Bonchev–Trinajstić information content (AvgIpc) is 2.33. The van der Waals surface area contributed by atoms with Gasteiger partial charge in [0.2, 0.25) is 0 Å². The van der Waals surface area contributed by atoms with Crippen LogP contribution in [-0.2, 0) is 0 Å². The molecule has 1 fully saturated rings. The summed E-state index contributed by atoms with van der Waals surface area (Å²) in [6, 6.07) is 0.219. The Labute approximate surface area is 92.4 Å². The van der Waals surface area contributed by atoms with E-state index in [4.69, 9.17) is 5.73 Å². The van der Waals surface area contributed by atoms with E-state index < -0.39 is 11.9 Å². The van der Waals surface area contributed by atoms with Gasteiger partial charge >= 0.3 is 6.18 Å². The molecule has 0 saturated heterocycles. The van der Waals surface area contributed by atoms with Gasteiger partial charge < -0.3 is 5.73 Å². The summed E-state index contributed by atoms with van der Waals surface area (Å²) in [5, 5.41) is 0. The summed E-state index contributed by atoms with van der Waals surface area (Å²) in [6.45, 7) is 0. The Kier molecular flexibility index (Phi) is 6.25. The highest BCUT2D eigenvalue weighted by Crippen LogP contribution is 2.29. The van der Waals surface area contributed by atoms with Gasteiger partial charge in [-0.15, -0.1) is 12.4 Å². The fourth-order valence-electron chi connectivity index (χ4n) is 1.61. The molecule has 1 aliphatic carbocycles. The highest BCUT2D eigenvalue weighted by Gasteiger charge is 2.28. The van der Waals surface area contributed by atoms with E-state index in [1.807, 2.05) is 0 Å². The van der Waals surface area contributed by atoms with Crippen molar-refractivity contribution in [3.8, 4) is 0 Å². The highest BCUT2D eigenvalue weighted by atomic mass is 35.5. The maximum absolute atomic E-state index is 11.8. The van der Waals surface area contributed by atoms with Gasteiger partial charge in [0.05, 0.1) is 5.75 Å². The summed E-state index contributed by atoms with van der Waals surface area (Å²) >= 11 is 0.979. The fourth-order valence-corrected chi connectivity index (χ4v) is 2.59. The Morgan fingerprint density at radius 1 is 1.29 bits per heavy atom. The molecule has 1 saturated carbocycles. The van der Waals surface area contributed by atoms with Gasteiger partial charge in [-0.1, -0.05) is 0 Å². The number of rotatable bonds is 3. The second-order valence-corrected chi connectivity index (χ2v) is 4.60. The van der Waals surface area contributed by atoms with Gasteiger partial charge in [-0.05, 0) is 30.9 Å². The van der Waals surface area contributed by atoms with Crippen molar-refractivity contribution in [2.75, 3.05) is 11.5 Å². The van der Waals surface area contributed by atoms with Gasteiger partial charge in [0.25, 0.3) is 0 Å². The molecule has 0 unspecified atom stereocenters. The molecule has 0 bridgehead atoms. The van der Waals surface area contributed by atoms with Crippen LogP contribution in [0.15, 0.2) is 0 Å². The van der Waals surface area contributed by atoms with Crippen LogP contribution >= 0.6 is 24.2 Å². The van der Waals surface area contributed by atoms with E-state index in [-0.39, 0.29) is 18.4 Å². The first-order chi connectivity index (χ1) is 5.97. The van der Waals surface area contributed by atoms with Crippen LogP contribution in [0.1, 0.15) is 19.3 Å². The first-order valence-electron chi connectivity index (χ1n) is 4.37. The van der Waals surface area contributed by atoms with Crippen LogP contribution in [0.25, 0.3) is 0 Å². The van der Waals surface area contributed by atoms with Crippen molar-refractivity contribution in [3.05, 3.63) is 0 Å². The average molecular weight is 250 g/mol. The summed E-state index contributed by atoms with van der Waals surface area (Å²) in [4.78, 5) is 0. The molecule has 1 aliphatic rings. The van der Waals surface area contributed by atoms with Crippen molar-refractivity contribution in [2.24, 2.45) is 11.7 Å². The topological polar surface area (TPSA) is 26.0 Å². The Morgan fingerprint density at radius 3 is 2.36 bits per heavy atom. The van der Waals surface area contributed by atoms with Crippen molar-refractivity contribution >= 4 is 24.2 Å². The zero-order chi connectivity index (χ0) is 9.90. The lowest BCUT2D eigenvalue weighted by Crippen LogP contribution is -2.16. The maximum Gasteiger partial charge on any atom is 0.397 e. The van der Waals surface area contributed by atoms with E-state index in [2.05, 4.69) is 0 Å². The van der Waals surface area contributed by atoms with E-state index in [0.717, 1.165) is 31.0 Å². The Hall–Kier alpha value is 0.390. The summed E-state index contributed by atoms with van der Waals surface area (Å²) in [5.74, 6) is 0.286. The molecular formula is C8H15ClF3NS. The second-order valence-electron chi connectivity index (χ2n) is 3.57. The van der Waals surface area contributed by atoms with Crippen LogP contribution in [0, 0.1) is 5.92 Å². The Morgan fingerprint density at radius 2 is 1.93 bits per heavy atom. The van der Waals surface area contributed by atoms with Gasteiger partial charge in [0.1, 0.15) is 0 Å². The lowest BCUT2D eigenvalue weighted by atomic mass is 10.1. The number of hydrogen-bond acceptors (Lipinski definition) is 2. The number of halogens is 4. The van der Waals surface area contributed by atoms with Crippen molar-refractivity contribution < 1.29 is 13.2 Å². The minimum absolute atomic E-state index is 0. The van der Waals surface area contributed by atoms with Crippen LogP contribution in [0.4, 0.5) is 13.2 Å². The number of hydrogen-bond donors (Lipinski definition) is 1. The zero-order valence-corrected chi connectivity index (χ0v) is 9.35. The van der Waals surface area contributed by atoms with Gasteiger partial charge in [-0.3, -0.25) is 0 Å². The lowest BCUT2D eigenvalue weighted by Gasteiger charge is -2.10. The number of alkyl halides is 3. The Bertz CT molecular complexity index is 165. The molecule has 14 heavy (non-hydrogen) atoms. The van der Waals surface area contributed by atoms with Gasteiger partial charge in [0, 0.05) is 6.04 Å². The van der Waals surface area contributed by atoms with E-state index in [1.54, 1.807) is 0 Å². The van der Waals surface area contributed by atoms with Crippen LogP contribution in [0.5, 0.6) is 0 Å². The molecule has 1 rings (SSSR count). The van der Waals surface area contributed by atoms with E-state index in [9.17, 15) is 13.2 Å².